The van der Waals surface area contributed by atoms with Crippen LogP contribution in [0.15, 0.2) is 36.4 Å². The van der Waals surface area contributed by atoms with Gasteiger partial charge < -0.3 is 9.64 Å². The summed E-state index contributed by atoms with van der Waals surface area (Å²) in [6, 6.07) is 10.4. The van der Waals surface area contributed by atoms with Crippen LogP contribution in [0.5, 0.6) is 0 Å². The van der Waals surface area contributed by atoms with Crippen molar-refractivity contribution in [2.24, 2.45) is 0 Å². The summed E-state index contributed by atoms with van der Waals surface area (Å²) in [7, 11) is -1.68. The molecule has 4 heteroatoms. The first-order chi connectivity index (χ1) is 10.6. The van der Waals surface area contributed by atoms with Crippen molar-refractivity contribution < 1.29 is 9.53 Å². The van der Waals surface area contributed by atoms with Crippen molar-refractivity contribution >= 4 is 20.2 Å². The highest BCUT2D eigenvalue weighted by molar-refractivity contribution is 6.78. The fourth-order valence-corrected chi connectivity index (χ4v) is 3.58. The number of rotatable bonds is 6. The van der Waals surface area contributed by atoms with Gasteiger partial charge in [0.2, 0.25) is 0 Å². The van der Waals surface area contributed by atoms with E-state index in [4.69, 9.17) is 4.74 Å². The van der Waals surface area contributed by atoms with Crippen molar-refractivity contribution in [2.45, 2.75) is 65.1 Å². The molecule has 1 aromatic carbocycles. The van der Waals surface area contributed by atoms with E-state index in [-0.39, 0.29) is 23.9 Å². The Labute approximate surface area is 142 Å². The molecule has 0 aliphatic carbocycles. The number of carbonyl (C=O) groups is 1. The first kappa shape index (κ1) is 19.5. The van der Waals surface area contributed by atoms with Crippen LogP contribution in [0.2, 0.25) is 19.6 Å². The predicted molar refractivity (Wildman–Crippen MR) is 101 cm³/mol. The first-order valence-electron chi connectivity index (χ1n) is 8.35. The molecule has 1 atom stereocenters. The summed E-state index contributed by atoms with van der Waals surface area (Å²) < 4.78 is 5.88. The molecule has 0 aliphatic rings. The van der Waals surface area contributed by atoms with Gasteiger partial charge in [-0.05, 0) is 39.3 Å². The largest absolute Gasteiger partial charge is 0.446 e. The standard InChI is InChI=1S/C19H31NO2Si/c1-15(2)20(16(3)4)19(21)22-18(23(5,6)7)14-13-17-11-9-8-10-12-17/h8-16,18H,1-7H3/b14-13+/t18-/m0/s1. The maximum absolute atomic E-state index is 12.6. The number of amides is 1. The zero-order valence-electron chi connectivity index (χ0n) is 15.5. The minimum atomic E-state index is -1.68. The van der Waals surface area contributed by atoms with Crippen molar-refractivity contribution in [3.63, 3.8) is 0 Å². The molecular weight excluding hydrogens is 302 g/mol. The number of carbonyl (C=O) groups excluding carboxylic acids is 1. The molecular formula is C19H31NO2Si. The average molecular weight is 334 g/mol. The minimum Gasteiger partial charge on any atom is -0.446 e. The summed E-state index contributed by atoms with van der Waals surface area (Å²) in [4.78, 5) is 14.4. The fraction of sp³-hybridized carbons (Fsp3) is 0.526. The van der Waals surface area contributed by atoms with Crippen molar-refractivity contribution in [2.75, 3.05) is 0 Å². The molecule has 1 aromatic rings. The van der Waals surface area contributed by atoms with Gasteiger partial charge in [-0.2, -0.15) is 0 Å². The summed E-state index contributed by atoms with van der Waals surface area (Å²) in [6.07, 6.45) is 3.86. The summed E-state index contributed by atoms with van der Waals surface area (Å²) in [6.45, 7) is 14.7. The Kier molecular flexibility index (Phi) is 7.07. The van der Waals surface area contributed by atoms with E-state index in [0.29, 0.717) is 0 Å². The number of hydrogen-bond acceptors (Lipinski definition) is 2. The maximum Gasteiger partial charge on any atom is 0.410 e. The first-order valence-corrected chi connectivity index (χ1v) is 11.9. The van der Waals surface area contributed by atoms with E-state index in [9.17, 15) is 4.79 Å². The van der Waals surface area contributed by atoms with Crippen LogP contribution in [0.4, 0.5) is 4.79 Å². The molecule has 0 saturated carbocycles. The Morgan fingerprint density at radius 2 is 1.57 bits per heavy atom. The van der Waals surface area contributed by atoms with Crippen LogP contribution in [0.1, 0.15) is 33.3 Å². The van der Waals surface area contributed by atoms with Crippen molar-refractivity contribution in [3.8, 4) is 0 Å². The van der Waals surface area contributed by atoms with Crippen LogP contribution >= 0.6 is 0 Å². The molecule has 3 nitrogen and oxygen atoms in total. The maximum atomic E-state index is 12.6. The Hall–Kier alpha value is -1.55. The van der Waals surface area contributed by atoms with Gasteiger partial charge in [0.15, 0.2) is 0 Å². The number of benzene rings is 1. The normalized spacial score (nSPS) is 13.6. The predicted octanol–water partition coefficient (Wildman–Crippen LogP) is 5.20. The molecule has 1 rings (SSSR count). The number of ether oxygens (including phenoxy) is 1. The smallest absolute Gasteiger partial charge is 0.410 e. The minimum absolute atomic E-state index is 0.128. The number of hydrogen-bond donors (Lipinski definition) is 0. The monoisotopic (exact) mass is 333 g/mol. The summed E-state index contributed by atoms with van der Waals surface area (Å²) in [5, 5.41) is 0. The molecule has 23 heavy (non-hydrogen) atoms. The van der Waals surface area contributed by atoms with E-state index in [0.717, 1.165) is 5.56 Å². The molecule has 0 N–H and O–H groups in total. The second-order valence-corrected chi connectivity index (χ2v) is 12.8. The summed E-state index contributed by atoms with van der Waals surface area (Å²) in [5.74, 6) is 0. The molecule has 1 amide bonds. The molecule has 0 radical (unpaired) electrons. The molecule has 128 valence electrons. The zero-order valence-corrected chi connectivity index (χ0v) is 16.5. The van der Waals surface area contributed by atoms with Crippen LogP contribution in [0.3, 0.4) is 0 Å². The summed E-state index contributed by atoms with van der Waals surface area (Å²) in [5.41, 5.74) is 0.978. The molecule has 0 spiro atoms. The van der Waals surface area contributed by atoms with Crippen LogP contribution in [-0.2, 0) is 4.74 Å². The van der Waals surface area contributed by atoms with Gasteiger partial charge in [0.25, 0.3) is 0 Å². The van der Waals surface area contributed by atoms with Gasteiger partial charge >= 0.3 is 6.09 Å². The molecule has 0 aromatic heterocycles. The molecule has 0 bridgehead atoms. The van der Waals surface area contributed by atoms with Crippen molar-refractivity contribution in [1.82, 2.24) is 4.90 Å². The van der Waals surface area contributed by atoms with E-state index in [1.54, 1.807) is 4.90 Å². The Balaban J connectivity index is 2.91. The Morgan fingerprint density at radius 1 is 1.04 bits per heavy atom. The van der Waals surface area contributed by atoms with Gasteiger partial charge in [0, 0.05) is 12.1 Å². The van der Waals surface area contributed by atoms with Crippen molar-refractivity contribution in [3.05, 3.63) is 42.0 Å². The lowest BCUT2D eigenvalue weighted by molar-refractivity contribution is 0.0768. The molecule has 0 fully saturated rings. The zero-order chi connectivity index (χ0) is 17.6. The quantitative estimate of drug-likeness (QED) is 0.670. The topological polar surface area (TPSA) is 29.5 Å². The summed E-state index contributed by atoms with van der Waals surface area (Å²) >= 11 is 0. The third kappa shape index (κ3) is 6.22. The lowest BCUT2D eigenvalue weighted by Crippen LogP contribution is -2.47. The highest BCUT2D eigenvalue weighted by atomic mass is 28.3. The lowest BCUT2D eigenvalue weighted by atomic mass is 10.2. The third-order valence-corrected chi connectivity index (χ3v) is 5.69. The van der Waals surface area contributed by atoms with Crippen LogP contribution in [-0.4, -0.2) is 36.9 Å². The van der Waals surface area contributed by atoms with Crippen LogP contribution in [0, 0.1) is 0 Å². The van der Waals surface area contributed by atoms with Gasteiger partial charge in [-0.1, -0.05) is 56.0 Å². The van der Waals surface area contributed by atoms with Crippen LogP contribution < -0.4 is 0 Å². The molecule has 0 unspecified atom stereocenters. The average Bonchev–Trinajstić information content (AvgIpc) is 2.42. The van der Waals surface area contributed by atoms with Gasteiger partial charge in [-0.3, -0.25) is 0 Å². The SMILES string of the molecule is CC(C)N(C(=O)O[C@H](/C=C/c1ccccc1)[Si](C)(C)C)C(C)C. The highest BCUT2D eigenvalue weighted by Crippen LogP contribution is 2.18. The van der Waals surface area contributed by atoms with E-state index in [1.807, 2.05) is 70.2 Å². The van der Waals surface area contributed by atoms with E-state index in [1.165, 1.54) is 0 Å². The van der Waals surface area contributed by atoms with Crippen LogP contribution in [0.25, 0.3) is 6.08 Å². The highest BCUT2D eigenvalue weighted by Gasteiger charge is 2.31. The molecule has 0 saturated heterocycles. The lowest BCUT2D eigenvalue weighted by Gasteiger charge is -2.34. The van der Waals surface area contributed by atoms with Crippen molar-refractivity contribution in [1.29, 1.82) is 0 Å². The second-order valence-electron chi connectivity index (χ2n) is 7.53. The Bertz CT molecular complexity index is 510. The Morgan fingerprint density at radius 3 is 2.00 bits per heavy atom. The van der Waals surface area contributed by atoms with E-state index >= 15 is 0 Å². The molecule has 0 aliphatic heterocycles. The molecule has 0 heterocycles. The fourth-order valence-electron chi connectivity index (χ4n) is 2.45. The van der Waals surface area contributed by atoms with Gasteiger partial charge in [-0.25, -0.2) is 4.79 Å². The number of nitrogens with zero attached hydrogens (tertiary/aromatic N) is 1. The van der Waals surface area contributed by atoms with Gasteiger partial charge in [0.05, 0.1) is 8.07 Å². The van der Waals surface area contributed by atoms with Gasteiger partial charge in [0.1, 0.15) is 5.73 Å². The van der Waals surface area contributed by atoms with E-state index in [2.05, 4.69) is 19.6 Å². The third-order valence-electron chi connectivity index (χ3n) is 3.67. The second kappa shape index (κ2) is 8.34. The van der Waals surface area contributed by atoms with E-state index < -0.39 is 8.07 Å². The van der Waals surface area contributed by atoms with Gasteiger partial charge in [-0.15, -0.1) is 0 Å².